The normalized spacial score (nSPS) is 15.1. The van der Waals surface area contributed by atoms with E-state index in [1.165, 1.54) is 10.6 Å². The van der Waals surface area contributed by atoms with Gasteiger partial charge in [0.1, 0.15) is 0 Å². The molecule has 1 aliphatic rings. The topological polar surface area (TPSA) is 71.8 Å². The summed E-state index contributed by atoms with van der Waals surface area (Å²) in [5, 5.41) is 0. The molecule has 7 nitrogen and oxygen atoms in total. The van der Waals surface area contributed by atoms with Crippen LogP contribution in [-0.4, -0.2) is 59.5 Å². The van der Waals surface area contributed by atoms with Crippen LogP contribution in [0.3, 0.4) is 0 Å². The van der Waals surface area contributed by atoms with Gasteiger partial charge in [0.15, 0.2) is 5.75 Å². The van der Waals surface area contributed by atoms with E-state index in [1.54, 1.807) is 54.5 Å². The number of esters is 1. The molecule has 0 N–H and O–H groups in total. The first-order chi connectivity index (χ1) is 12.5. The molecule has 1 aromatic heterocycles. The standard InChI is InChI=1S/C19H21N3O4/c1-20-10-11-21(14-17(20)23)12-13-22-9-5-8-16(18(22)24)26-19(25)15-6-3-2-4-7-15/h2-9H,10-14H2,1H3. The highest BCUT2D eigenvalue weighted by atomic mass is 16.5. The lowest BCUT2D eigenvalue weighted by Gasteiger charge is -2.31. The molecule has 2 aromatic rings. The van der Waals surface area contributed by atoms with Crippen LogP contribution in [0.15, 0.2) is 53.5 Å². The van der Waals surface area contributed by atoms with Crippen molar-refractivity contribution in [3.05, 3.63) is 64.6 Å². The Morgan fingerprint density at radius 3 is 2.54 bits per heavy atom. The van der Waals surface area contributed by atoms with Gasteiger partial charge in [-0.2, -0.15) is 0 Å². The number of hydrogen-bond acceptors (Lipinski definition) is 5. The van der Waals surface area contributed by atoms with Crippen LogP contribution in [0.5, 0.6) is 5.75 Å². The highest BCUT2D eigenvalue weighted by molar-refractivity contribution is 5.90. The molecule has 2 heterocycles. The fourth-order valence-electron chi connectivity index (χ4n) is 2.75. The van der Waals surface area contributed by atoms with Crippen molar-refractivity contribution in [2.75, 3.05) is 33.2 Å². The number of carbonyl (C=O) groups is 2. The van der Waals surface area contributed by atoms with Gasteiger partial charge in [-0.3, -0.25) is 14.5 Å². The second-order valence-corrected chi connectivity index (χ2v) is 6.22. The van der Waals surface area contributed by atoms with Crippen LogP contribution >= 0.6 is 0 Å². The largest absolute Gasteiger partial charge is 0.417 e. The molecule has 1 aliphatic heterocycles. The van der Waals surface area contributed by atoms with Crippen LogP contribution in [0.25, 0.3) is 0 Å². The average Bonchev–Trinajstić information content (AvgIpc) is 2.66. The van der Waals surface area contributed by atoms with Crippen molar-refractivity contribution in [1.82, 2.24) is 14.4 Å². The number of ether oxygens (including phenoxy) is 1. The molecule has 0 aliphatic carbocycles. The zero-order valence-electron chi connectivity index (χ0n) is 14.6. The fraction of sp³-hybridized carbons (Fsp3) is 0.316. The van der Waals surface area contributed by atoms with E-state index in [-0.39, 0.29) is 17.2 Å². The minimum atomic E-state index is -0.565. The molecule has 0 radical (unpaired) electrons. The van der Waals surface area contributed by atoms with Gasteiger partial charge in [-0.05, 0) is 24.3 Å². The third kappa shape index (κ3) is 4.18. The molecule has 7 heteroatoms. The summed E-state index contributed by atoms with van der Waals surface area (Å²) >= 11 is 0. The van der Waals surface area contributed by atoms with Crippen LogP contribution in [0.4, 0.5) is 0 Å². The van der Waals surface area contributed by atoms with Gasteiger partial charge in [0.25, 0.3) is 5.56 Å². The van der Waals surface area contributed by atoms with E-state index in [4.69, 9.17) is 4.74 Å². The van der Waals surface area contributed by atoms with Gasteiger partial charge in [-0.1, -0.05) is 18.2 Å². The third-order valence-electron chi connectivity index (χ3n) is 4.39. The van der Waals surface area contributed by atoms with Gasteiger partial charge in [0.05, 0.1) is 12.1 Å². The average molecular weight is 355 g/mol. The molecular weight excluding hydrogens is 334 g/mol. The number of amides is 1. The second kappa shape index (κ2) is 7.97. The number of pyridine rings is 1. The van der Waals surface area contributed by atoms with E-state index < -0.39 is 5.97 Å². The minimum Gasteiger partial charge on any atom is -0.417 e. The van der Waals surface area contributed by atoms with E-state index >= 15 is 0 Å². The first kappa shape index (κ1) is 17.9. The van der Waals surface area contributed by atoms with Crippen molar-refractivity contribution in [2.45, 2.75) is 6.54 Å². The quantitative estimate of drug-likeness (QED) is 0.744. The number of carbonyl (C=O) groups excluding carboxylic acids is 2. The number of benzene rings is 1. The molecule has 1 amide bonds. The molecule has 0 spiro atoms. The van der Waals surface area contributed by atoms with Crippen molar-refractivity contribution in [2.24, 2.45) is 0 Å². The smallest absolute Gasteiger partial charge is 0.343 e. The Morgan fingerprint density at radius 1 is 1.04 bits per heavy atom. The van der Waals surface area contributed by atoms with Gasteiger partial charge in [-0.15, -0.1) is 0 Å². The Morgan fingerprint density at radius 2 is 1.81 bits per heavy atom. The molecule has 0 unspecified atom stereocenters. The summed E-state index contributed by atoms with van der Waals surface area (Å²) in [4.78, 5) is 40.1. The van der Waals surface area contributed by atoms with E-state index in [1.807, 2.05) is 4.90 Å². The van der Waals surface area contributed by atoms with Crippen molar-refractivity contribution in [3.63, 3.8) is 0 Å². The maximum Gasteiger partial charge on any atom is 0.343 e. The number of likely N-dealkylation sites (N-methyl/N-ethyl adjacent to an activating group) is 1. The molecule has 1 saturated heterocycles. The number of piperazine rings is 1. The molecule has 0 saturated carbocycles. The van der Waals surface area contributed by atoms with Crippen LogP contribution in [0.2, 0.25) is 0 Å². The summed E-state index contributed by atoms with van der Waals surface area (Å²) in [5.41, 5.74) is 0.0236. The summed E-state index contributed by atoms with van der Waals surface area (Å²) in [5.74, 6) is -0.491. The predicted molar refractivity (Wildman–Crippen MR) is 96.2 cm³/mol. The molecule has 1 fully saturated rings. The Bertz CT molecular complexity index is 847. The Labute approximate surface area is 151 Å². The van der Waals surface area contributed by atoms with Crippen molar-refractivity contribution >= 4 is 11.9 Å². The summed E-state index contributed by atoms with van der Waals surface area (Å²) in [7, 11) is 1.79. The predicted octanol–water partition coefficient (Wildman–Crippen LogP) is 0.841. The van der Waals surface area contributed by atoms with Gasteiger partial charge >= 0.3 is 5.97 Å². The summed E-state index contributed by atoms with van der Waals surface area (Å²) in [6.07, 6.45) is 1.65. The minimum absolute atomic E-state index is 0.00388. The first-order valence-electron chi connectivity index (χ1n) is 8.47. The molecular formula is C19H21N3O4. The number of aromatic nitrogens is 1. The number of nitrogens with zero attached hydrogens (tertiary/aromatic N) is 3. The summed E-state index contributed by atoms with van der Waals surface area (Å²) in [6, 6.07) is 11.7. The molecule has 0 atom stereocenters. The number of rotatable bonds is 5. The zero-order valence-corrected chi connectivity index (χ0v) is 14.6. The van der Waals surface area contributed by atoms with Crippen molar-refractivity contribution < 1.29 is 14.3 Å². The van der Waals surface area contributed by atoms with Gasteiger partial charge < -0.3 is 14.2 Å². The molecule has 26 heavy (non-hydrogen) atoms. The highest BCUT2D eigenvalue weighted by Crippen LogP contribution is 2.08. The maximum absolute atomic E-state index is 12.5. The van der Waals surface area contributed by atoms with Crippen LogP contribution in [0, 0.1) is 0 Å². The van der Waals surface area contributed by atoms with Gasteiger partial charge in [-0.25, -0.2) is 4.79 Å². The second-order valence-electron chi connectivity index (χ2n) is 6.22. The molecule has 0 bridgehead atoms. The maximum atomic E-state index is 12.5. The summed E-state index contributed by atoms with van der Waals surface area (Å²) in [6.45, 7) is 2.82. The highest BCUT2D eigenvalue weighted by Gasteiger charge is 2.20. The van der Waals surface area contributed by atoms with E-state index in [9.17, 15) is 14.4 Å². The molecule has 136 valence electrons. The SMILES string of the molecule is CN1CCN(CCn2cccc(OC(=O)c3ccccc3)c2=O)CC1=O. The number of hydrogen-bond donors (Lipinski definition) is 0. The lowest BCUT2D eigenvalue weighted by atomic mass is 10.2. The van der Waals surface area contributed by atoms with Crippen LogP contribution in [-0.2, 0) is 11.3 Å². The molecule has 1 aromatic carbocycles. The van der Waals surface area contributed by atoms with E-state index in [0.29, 0.717) is 31.7 Å². The Hall–Kier alpha value is -2.93. The van der Waals surface area contributed by atoms with Crippen molar-refractivity contribution in [1.29, 1.82) is 0 Å². The van der Waals surface area contributed by atoms with Gasteiger partial charge in [0.2, 0.25) is 5.91 Å². The lowest BCUT2D eigenvalue weighted by molar-refractivity contribution is -0.134. The first-order valence-corrected chi connectivity index (χ1v) is 8.47. The van der Waals surface area contributed by atoms with E-state index in [0.717, 1.165) is 6.54 Å². The van der Waals surface area contributed by atoms with Crippen LogP contribution in [0.1, 0.15) is 10.4 Å². The van der Waals surface area contributed by atoms with Crippen LogP contribution < -0.4 is 10.3 Å². The monoisotopic (exact) mass is 355 g/mol. The zero-order chi connectivity index (χ0) is 18.5. The van der Waals surface area contributed by atoms with Crippen molar-refractivity contribution in [3.8, 4) is 5.75 Å². The van der Waals surface area contributed by atoms with Gasteiger partial charge in [0, 0.05) is 39.4 Å². The fourth-order valence-corrected chi connectivity index (χ4v) is 2.75. The summed E-state index contributed by atoms with van der Waals surface area (Å²) < 4.78 is 6.74. The Balaban J connectivity index is 1.65. The third-order valence-corrected chi connectivity index (χ3v) is 4.39. The Kier molecular flexibility index (Phi) is 5.48. The van der Waals surface area contributed by atoms with E-state index in [2.05, 4.69) is 0 Å². The molecule has 3 rings (SSSR count). The lowest BCUT2D eigenvalue weighted by Crippen LogP contribution is -2.49.